The molecule has 1 unspecified atom stereocenters. The highest BCUT2D eigenvalue weighted by atomic mass is 35.5. The Bertz CT molecular complexity index is 516. The fraction of sp³-hybridized carbons (Fsp3) is 0.500. The smallest absolute Gasteiger partial charge is 0.414 e. The summed E-state index contributed by atoms with van der Waals surface area (Å²) in [5, 5.41) is 19.4. The van der Waals surface area contributed by atoms with Crippen molar-refractivity contribution >= 4 is 35.1 Å². The van der Waals surface area contributed by atoms with Gasteiger partial charge in [0.25, 0.3) is 0 Å². The Morgan fingerprint density at radius 1 is 1.25 bits per heavy atom. The summed E-state index contributed by atoms with van der Waals surface area (Å²) >= 11 is 12.0. The summed E-state index contributed by atoms with van der Waals surface area (Å²) in [6.07, 6.45) is 2.10. The molecule has 6 nitrogen and oxygen atoms in total. The maximum atomic E-state index is 9.10. The van der Waals surface area contributed by atoms with Gasteiger partial charge in [0.15, 0.2) is 0 Å². The van der Waals surface area contributed by atoms with Crippen molar-refractivity contribution in [1.82, 2.24) is 5.32 Å². The number of nitrogens with one attached hydrogen (secondary N) is 1. The van der Waals surface area contributed by atoms with Crippen LogP contribution in [0.5, 0.6) is 5.75 Å². The first-order valence-corrected chi connectivity index (χ1v) is 8.22. The van der Waals surface area contributed by atoms with Gasteiger partial charge in [-0.05, 0) is 50.9 Å². The lowest BCUT2D eigenvalue weighted by Crippen LogP contribution is -2.27. The van der Waals surface area contributed by atoms with Gasteiger partial charge in [-0.3, -0.25) is 0 Å². The molecule has 0 spiro atoms. The Hall–Kier alpha value is -1.50. The molecule has 1 aromatic rings. The lowest BCUT2D eigenvalue weighted by Gasteiger charge is -2.13. The number of rotatable bonds is 7. The predicted octanol–water partition coefficient (Wildman–Crippen LogP) is 3.61. The topological polar surface area (TPSA) is 95.9 Å². The zero-order valence-electron chi connectivity index (χ0n) is 13.9. The minimum absolute atomic E-state index is 0.561. The number of benzene rings is 1. The molecule has 24 heavy (non-hydrogen) atoms. The average Bonchev–Trinajstić information content (AvgIpc) is 2.49. The monoisotopic (exact) mass is 379 g/mol. The Morgan fingerprint density at radius 2 is 1.83 bits per heavy atom. The number of carbonyl (C=O) groups is 2. The minimum Gasteiger partial charge on any atom is -0.492 e. The maximum absolute atomic E-state index is 9.10. The molecular formula is C16H23Cl2NO5. The SMILES string of the molecule is CCC(C)NCCCOc1c(C)cc(Cl)cc1Cl.O=C(O)C(=O)O. The molecule has 0 radical (unpaired) electrons. The van der Waals surface area contributed by atoms with Crippen LogP contribution in [0.15, 0.2) is 12.1 Å². The third-order valence-corrected chi connectivity index (χ3v) is 3.55. The zero-order valence-corrected chi connectivity index (χ0v) is 15.4. The highest BCUT2D eigenvalue weighted by molar-refractivity contribution is 6.35. The second-order valence-electron chi connectivity index (χ2n) is 5.11. The largest absolute Gasteiger partial charge is 0.492 e. The molecule has 8 heteroatoms. The van der Waals surface area contributed by atoms with Crippen LogP contribution in [0.2, 0.25) is 10.0 Å². The van der Waals surface area contributed by atoms with E-state index in [0.717, 1.165) is 30.7 Å². The van der Waals surface area contributed by atoms with Crippen LogP contribution in [0.3, 0.4) is 0 Å². The van der Waals surface area contributed by atoms with Crippen molar-refractivity contribution in [2.75, 3.05) is 13.2 Å². The van der Waals surface area contributed by atoms with E-state index in [4.69, 9.17) is 47.7 Å². The Balaban J connectivity index is 0.000000754. The minimum atomic E-state index is -1.82. The van der Waals surface area contributed by atoms with Crippen LogP contribution in [0.4, 0.5) is 0 Å². The molecule has 0 fully saturated rings. The van der Waals surface area contributed by atoms with E-state index >= 15 is 0 Å². The molecule has 0 aliphatic carbocycles. The van der Waals surface area contributed by atoms with E-state index in [1.807, 2.05) is 13.0 Å². The molecule has 0 amide bonds. The lowest BCUT2D eigenvalue weighted by atomic mass is 10.2. The second-order valence-corrected chi connectivity index (χ2v) is 5.95. The first kappa shape index (κ1) is 22.5. The molecule has 3 N–H and O–H groups in total. The Labute approximate surface area is 151 Å². The van der Waals surface area contributed by atoms with Crippen LogP contribution in [0.1, 0.15) is 32.3 Å². The summed E-state index contributed by atoms with van der Waals surface area (Å²) in [6.45, 7) is 7.92. The molecule has 0 bridgehead atoms. The van der Waals surface area contributed by atoms with Gasteiger partial charge in [0, 0.05) is 11.1 Å². The zero-order chi connectivity index (χ0) is 18.7. The standard InChI is InChI=1S/C14H21Cl2NO.C2H2O4/c1-4-11(3)17-6-5-7-18-14-10(2)8-12(15)9-13(14)16;3-1(4)2(5)6/h8-9,11,17H,4-7H2,1-3H3;(H,3,4)(H,5,6). The van der Waals surface area contributed by atoms with Gasteiger partial charge in [-0.2, -0.15) is 0 Å². The summed E-state index contributed by atoms with van der Waals surface area (Å²) in [6, 6.07) is 4.13. The fourth-order valence-corrected chi connectivity index (χ4v) is 2.26. The summed E-state index contributed by atoms with van der Waals surface area (Å²) in [4.78, 5) is 18.2. The molecule has 0 saturated heterocycles. The summed E-state index contributed by atoms with van der Waals surface area (Å²) in [7, 11) is 0. The van der Waals surface area contributed by atoms with E-state index in [1.165, 1.54) is 0 Å². The number of hydrogen-bond acceptors (Lipinski definition) is 4. The first-order chi connectivity index (χ1) is 11.2. The lowest BCUT2D eigenvalue weighted by molar-refractivity contribution is -0.159. The van der Waals surface area contributed by atoms with Crippen LogP contribution in [-0.4, -0.2) is 41.3 Å². The van der Waals surface area contributed by atoms with Crippen LogP contribution in [0.25, 0.3) is 0 Å². The molecule has 1 atom stereocenters. The number of carboxylic acid groups (broad SMARTS) is 2. The summed E-state index contributed by atoms with van der Waals surface area (Å²) in [5.41, 5.74) is 0.974. The third-order valence-electron chi connectivity index (χ3n) is 3.05. The highest BCUT2D eigenvalue weighted by Gasteiger charge is 2.07. The highest BCUT2D eigenvalue weighted by Crippen LogP contribution is 2.31. The van der Waals surface area contributed by atoms with Gasteiger partial charge in [0.1, 0.15) is 5.75 Å². The van der Waals surface area contributed by atoms with E-state index in [9.17, 15) is 0 Å². The third kappa shape index (κ3) is 9.60. The van der Waals surface area contributed by atoms with Crippen molar-refractivity contribution in [3.05, 3.63) is 27.7 Å². The van der Waals surface area contributed by atoms with E-state index in [1.54, 1.807) is 6.07 Å². The van der Waals surface area contributed by atoms with E-state index in [0.29, 0.717) is 22.7 Å². The van der Waals surface area contributed by atoms with Crippen molar-refractivity contribution in [2.45, 2.75) is 39.7 Å². The number of aryl methyl sites for hydroxylation is 1. The van der Waals surface area contributed by atoms with E-state index in [-0.39, 0.29) is 0 Å². The second kappa shape index (κ2) is 11.9. The van der Waals surface area contributed by atoms with Gasteiger partial charge < -0.3 is 20.3 Å². The van der Waals surface area contributed by atoms with Crippen molar-refractivity contribution < 1.29 is 24.5 Å². The molecule has 0 aliphatic rings. The molecule has 1 rings (SSSR count). The fourth-order valence-electron chi connectivity index (χ4n) is 1.61. The molecule has 1 aromatic carbocycles. The van der Waals surface area contributed by atoms with Gasteiger partial charge in [0.2, 0.25) is 0 Å². The van der Waals surface area contributed by atoms with Crippen molar-refractivity contribution in [1.29, 1.82) is 0 Å². The molecule has 0 saturated carbocycles. The quantitative estimate of drug-likeness (QED) is 0.494. The molecule has 0 aromatic heterocycles. The van der Waals surface area contributed by atoms with Gasteiger partial charge in [0.05, 0.1) is 11.6 Å². The van der Waals surface area contributed by atoms with Gasteiger partial charge in [-0.25, -0.2) is 9.59 Å². The van der Waals surface area contributed by atoms with Gasteiger partial charge in [-0.15, -0.1) is 0 Å². The van der Waals surface area contributed by atoms with Crippen molar-refractivity contribution in [2.24, 2.45) is 0 Å². The van der Waals surface area contributed by atoms with Gasteiger partial charge in [-0.1, -0.05) is 30.1 Å². The van der Waals surface area contributed by atoms with E-state index in [2.05, 4.69) is 19.2 Å². The maximum Gasteiger partial charge on any atom is 0.414 e. The van der Waals surface area contributed by atoms with Crippen LogP contribution in [0, 0.1) is 6.92 Å². The Morgan fingerprint density at radius 3 is 2.29 bits per heavy atom. The number of carboxylic acids is 2. The van der Waals surface area contributed by atoms with Crippen molar-refractivity contribution in [3.63, 3.8) is 0 Å². The van der Waals surface area contributed by atoms with Gasteiger partial charge >= 0.3 is 11.9 Å². The van der Waals surface area contributed by atoms with Crippen LogP contribution < -0.4 is 10.1 Å². The Kier molecular flexibility index (Phi) is 11.2. The predicted molar refractivity (Wildman–Crippen MR) is 94.3 cm³/mol. The normalized spacial score (nSPS) is 11.2. The molecular weight excluding hydrogens is 357 g/mol. The number of ether oxygens (including phenoxy) is 1. The molecule has 136 valence electrons. The summed E-state index contributed by atoms with van der Waals surface area (Å²) in [5.74, 6) is -2.91. The number of halogens is 2. The number of hydrogen-bond donors (Lipinski definition) is 3. The van der Waals surface area contributed by atoms with E-state index < -0.39 is 11.9 Å². The summed E-state index contributed by atoms with van der Waals surface area (Å²) < 4.78 is 5.71. The first-order valence-electron chi connectivity index (χ1n) is 7.47. The van der Waals surface area contributed by atoms with Crippen molar-refractivity contribution in [3.8, 4) is 5.75 Å². The molecule has 0 heterocycles. The van der Waals surface area contributed by atoms with Crippen LogP contribution in [-0.2, 0) is 9.59 Å². The molecule has 0 aliphatic heterocycles. The number of aliphatic carboxylic acids is 2. The van der Waals surface area contributed by atoms with Crippen LogP contribution >= 0.6 is 23.2 Å². The average molecular weight is 380 g/mol.